The molecule has 0 saturated heterocycles. The van der Waals surface area contributed by atoms with Gasteiger partial charge in [0, 0.05) is 5.56 Å². The Kier molecular flexibility index (Phi) is 6.91. The summed E-state index contributed by atoms with van der Waals surface area (Å²) in [7, 11) is 0. The van der Waals surface area contributed by atoms with Crippen LogP contribution in [-0.4, -0.2) is 30.9 Å². The fourth-order valence-electron chi connectivity index (χ4n) is 2.21. The van der Waals surface area contributed by atoms with E-state index in [4.69, 9.17) is 9.47 Å². The second-order valence-electron chi connectivity index (χ2n) is 5.60. The van der Waals surface area contributed by atoms with Gasteiger partial charge in [-0.25, -0.2) is 4.79 Å². The van der Waals surface area contributed by atoms with Crippen LogP contribution in [0.15, 0.2) is 48.5 Å². The molecule has 0 spiro atoms. The number of anilines is 1. The fraction of sp³-hybridized carbons (Fsp3) is 0.250. The lowest BCUT2D eigenvalue weighted by molar-refractivity contribution is -0.119. The number of carbonyl (C=O) groups is 3. The maximum absolute atomic E-state index is 12.0. The van der Waals surface area contributed by atoms with Crippen molar-refractivity contribution in [3.05, 3.63) is 59.7 Å². The molecule has 0 radical (unpaired) electrons. The van der Waals surface area contributed by atoms with Gasteiger partial charge in [0.25, 0.3) is 5.91 Å². The molecule has 1 N–H and O–H groups in total. The molecule has 2 rings (SSSR count). The maximum atomic E-state index is 12.0. The van der Waals surface area contributed by atoms with E-state index in [1.807, 2.05) is 6.92 Å². The first-order valence-corrected chi connectivity index (χ1v) is 8.31. The smallest absolute Gasteiger partial charge is 0.338 e. The molecule has 0 aliphatic carbocycles. The molecule has 0 bridgehead atoms. The van der Waals surface area contributed by atoms with Gasteiger partial charge in [0.1, 0.15) is 5.75 Å². The van der Waals surface area contributed by atoms with Crippen LogP contribution in [-0.2, 0) is 9.53 Å². The summed E-state index contributed by atoms with van der Waals surface area (Å²) in [5.41, 5.74) is 1.11. The summed E-state index contributed by atoms with van der Waals surface area (Å²) in [6, 6.07) is 13.2. The van der Waals surface area contributed by atoms with Gasteiger partial charge in [-0.05, 0) is 49.7 Å². The van der Waals surface area contributed by atoms with Crippen molar-refractivity contribution in [2.75, 3.05) is 18.5 Å². The quantitative estimate of drug-likeness (QED) is 0.579. The van der Waals surface area contributed by atoms with E-state index in [1.54, 1.807) is 48.5 Å². The third kappa shape index (κ3) is 5.44. The average molecular weight is 355 g/mol. The monoisotopic (exact) mass is 355 g/mol. The zero-order chi connectivity index (χ0) is 18.9. The van der Waals surface area contributed by atoms with Crippen LogP contribution >= 0.6 is 0 Å². The van der Waals surface area contributed by atoms with Crippen LogP contribution in [0.4, 0.5) is 5.69 Å². The largest absolute Gasteiger partial charge is 0.494 e. The maximum Gasteiger partial charge on any atom is 0.338 e. The number of rotatable bonds is 8. The summed E-state index contributed by atoms with van der Waals surface area (Å²) < 4.78 is 10.4. The van der Waals surface area contributed by atoms with Gasteiger partial charge in [-0.2, -0.15) is 0 Å². The van der Waals surface area contributed by atoms with Crippen molar-refractivity contribution in [3.8, 4) is 5.75 Å². The number of nitrogens with one attached hydrogen (secondary N) is 1. The summed E-state index contributed by atoms with van der Waals surface area (Å²) in [6.45, 7) is 3.58. The zero-order valence-electron chi connectivity index (χ0n) is 14.8. The molecule has 0 aromatic heterocycles. The van der Waals surface area contributed by atoms with Crippen molar-refractivity contribution < 1.29 is 23.9 Å². The van der Waals surface area contributed by atoms with E-state index in [0.29, 0.717) is 29.2 Å². The number of carbonyl (C=O) groups excluding carboxylic acids is 3. The van der Waals surface area contributed by atoms with Crippen molar-refractivity contribution in [2.45, 2.75) is 20.3 Å². The molecular formula is C20H21NO5. The molecule has 0 aliphatic rings. The van der Waals surface area contributed by atoms with E-state index in [-0.39, 0.29) is 5.78 Å². The molecule has 0 aliphatic heterocycles. The van der Waals surface area contributed by atoms with Crippen LogP contribution in [0.5, 0.6) is 5.75 Å². The van der Waals surface area contributed by atoms with Gasteiger partial charge in [-0.1, -0.05) is 19.1 Å². The van der Waals surface area contributed by atoms with Crippen molar-refractivity contribution in [1.82, 2.24) is 0 Å². The Morgan fingerprint density at radius 2 is 1.69 bits per heavy atom. The van der Waals surface area contributed by atoms with Crippen LogP contribution in [0.2, 0.25) is 0 Å². The van der Waals surface area contributed by atoms with Crippen molar-refractivity contribution in [2.24, 2.45) is 0 Å². The van der Waals surface area contributed by atoms with Gasteiger partial charge < -0.3 is 14.8 Å². The average Bonchev–Trinajstić information content (AvgIpc) is 2.65. The number of ketones is 1. The Morgan fingerprint density at radius 3 is 2.35 bits per heavy atom. The molecule has 6 heteroatoms. The number of amides is 1. The highest BCUT2D eigenvalue weighted by atomic mass is 16.5. The number of ether oxygens (including phenoxy) is 2. The van der Waals surface area contributed by atoms with E-state index in [0.717, 1.165) is 6.42 Å². The van der Waals surface area contributed by atoms with Gasteiger partial charge in [0.15, 0.2) is 12.4 Å². The highest BCUT2D eigenvalue weighted by Crippen LogP contribution is 2.16. The number of hydrogen-bond donors (Lipinski definition) is 1. The van der Waals surface area contributed by atoms with Crippen LogP contribution < -0.4 is 10.1 Å². The molecule has 0 fully saturated rings. The first kappa shape index (κ1) is 19.2. The van der Waals surface area contributed by atoms with Crippen LogP contribution in [0.1, 0.15) is 41.0 Å². The molecular weight excluding hydrogens is 334 g/mol. The van der Waals surface area contributed by atoms with Gasteiger partial charge in [0.05, 0.1) is 17.9 Å². The summed E-state index contributed by atoms with van der Waals surface area (Å²) in [5.74, 6) is -0.623. The molecule has 26 heavy (non-hydrogen) atoms. The normalized spacial score (nSPS) is 10.1. The highest BCUT2D eigenvalue weighted by Gasteiger charge is 2.13. The van der Waals surface area contributed by atoms with Crippen molar-refractivity contribution in [1.29, 1.82) is 0 Å². The first-order valence-electron chi connectivity index (χ1n) is 8.31. The minimum absolute atomic E-state index is 0.164. The molecule has 136 valence electrons. The molecule has 0 unspecified atom stereocenters. The van der Waals surface area contributed by atoms with Gasteiger partial charge in [-0.3, -0.25) is 9.59 Å². The summed E-state index contributed by atoms with van der Waals surface area (Å²) in [4.78, 5) is 35.5. The van der Waals surface area contributed by atoms with E-state index in [9.17, 15) is 14.4 Å². The Hall–Kier alpha value is -3.15. The van der Waals surface area contributed by atoms with Crippen molar-refractivity contribution >= 4 is 23.3 Å². The number of para-hydroxylation sites is 1. The van der Waals surface area contributed by atoms with E-state index >= 15 is 0 Å². The number of benzene rings is 2. The van der Waals surface area contributed by atoms with Crippen LogP contribution in [0, 0.1) is 0 Å². The Morgan fingerprint density at radius 1 is 1.00 bits per heavy atom. The summed E-state index contributed by atoms with van der Waals surface area (Å²) >= 11 is 0. The highest BCUT2D eigenvalue weighted by molar-refractivity contribution is 6.04. The molecule has 2 aromatic carbocycles. The minimum atomic E-state index is -0.609. The Labute approximate surface area is 152 Å². The number of hydrogen-bond acceptors (Lipinski definition) is 5. The third-order valence-corrected chi connectivity index (χ3v) is 3.48. The predicted molar refractivity (Wildman–Crippen MR) is 97.6 cm³/mol. The lowest BCUT2D eigenvalue weighted by atomic mass is 10.1. The lowest BCUT2D eigenvalue weighted by Gasteiger charge is -2.10. The lowest BCUT2D eigenvalue weighted by Crippen LogP contribution is -2.22. The standard InChI is InChI=1S/C20H21NO5/c1-3-12-25-16-10-8-15(9-11-16)20(24)26-13-19(23)21-18-7-5-4-6-17(18)14(2)22/h4-11H,3,12-13H2,1-2H3,(H,21,23). The Balaban J connectivity index is 1.89. The van der Waals surface area contributed by atoms with Gasteiger partial charge in [-0.15, -0.1) is 0 Å². The van der Waals surface area contributed by atoms with E-state index < -0.39 is 18.5 Å². The number of Topliss-reactive ketones (excluding diaryl/α,β-unsaturated/α-hetero) is 1. The second-order valence-corrected chi connectivity index (χ2v) is 5.60. The Bertz CT molecular complexity index is 783. The van der Waals surface area contributed by atoms with Crippen molar-refractivity contribution in [3.63, 3.8) is 0 Å². The predicted octanol–water partition coefficient (Wildman–Crippen LogP) is 3.47. The third-order valence-electron chi connectivity index (χ3n) is 3.48. The summed E-state index contributed by atoms with van der Waals surface area (Å²) in [6.07, 6.45) is 0.895. The molecule has 0 atom stereocenters. The second kappa shape index (κ2) is 9.36. The topological polar surface area (TPSA) is 81.7 Å². The zero-order valence-corrected chi connectivity index (χ0v) is 14.8. The van der Waals surface area contributed by atoms with Gasteiger partial charge in [0.2, 0.25) is 0 Å². The van der Waals surface area contributed by atoms with Crippen LogP contribution in [0.3, 0.4) is 0 Å². The molecule has 0 saturated carbocycles. The number of esters is 1. The van der Waals surface area contributed by atoms with E-state index in [1.165, 1.54) is 6.92 Å². The molecule has 2 aromatic rings. The SMILES string of the molecule is CCCOc1ccc(C(=O)OCC(=O)Nc2ccccc2C(C)=O)cc1. The summed E-state index contributed by atoms with van der Waals surface area (Å²) in [5, 5.41) is 2.57. The van der Waals surface area contributed by atoms with E-state index in [2.05, 4.69) is 5.32 Å². The van der Waals surface area contributed by atoms with Crippen LogP contribution in [0.25, 0.3) is 0 Å². The first-order chi connectivity index (χ1) is 12.5. The molecule has 1 amide bonds. The molecule has 0 heterocycles. The molecule has 6 nitrogen and oxygen atoms in total. The minimum Gasteiger partial charge on any atom is -0.494 e. The van der Waals surface area contributed by atoms with Gasteiger partial charge >= 0.3 is 5.97 Å². The fourth-order valence-corrected chi connectivity index (χ4v) is 2.21.